The SMILES string of the molecule is Cc1c(C(=O)c2c[nH]n(C)c2=O)ccc(S(C)(=O)=O)c1C1=NOCC1.Cc1c(C(=O)c2c[nH]n(C)c2=O)ccc(S(C)(=O)=O)c1C1=NOCC1. The Kier molecular flexibility index (Phi) is 9.71. The van der Waals surface area contributed by atoms with E-state index >= 15 is 0 Å². The highest BCUT2D eigenvalue weighted by molar-refractivity contribution is 7.91. The van der Waals surface area contributed by atoms with Crippen molar-refractivity contribution in [2.75, 3.05) is 25.7 Å². The Labute approximate surface area is 286 Å². The fourth-order valence-corrected chi connectivity index (χ4v) is 7.62. The molecule has 50 heavy (non-hydrogen) atoms. The van der Waals surface area contributed by atoms with E-state index in [1.165, 1.54) is 60.1 Å². The number of hydrogen-bond acceptors (Lipinski definition) is 12. The lowest BCUT2D eigenvalue weighted by Crippen LogP contribution is -2.21. The van der Waals surface area contributed by atoms with Crippen LogP contribution in [0.15, 0.2) is 66.4 Å². The van der Waals surface area contributed by atoms with Gasteiger partial charge < -0.3 is 19.9 Å². The summed E-state index contributed by atoms with van der Waals surface area (Å²) in [5, 5.41) is 13.1. The second-order valence-corrected chi connectivity index (χ2v) is 15.7. The predicted octanol–water partition coefficient (Wildman–Crippen LogP) is 1.56. The molecule has 0 aliphatic carbocycles. The fourth-order valence-electron chi connectivity index (χ4n) is 5.71. The molecule has 18 heteroatoms. The molecular weight excluding hydrogens is 693 g/mol. The van der Waals surface area contributed by atoms with Gasteiger partial charge in [0, 0.05) is 74.1 Å². The van der Waals surface area contributed by atoms with E-state index < -0.39 is 42.4 Å². The highest BCUT2D eigenvalue weighted by atomic mass is 32.2. The van der Waals surface area contributed by atoms with Crippen LogP contribution in [0.5, 0.6) is 0 Å². The van der Waals surface area contributed by atoms with Gasteiger partial charge in [0.1, 0.15) is 24.3 Å². The quantitative estimate of drug-likeness (QED) is 0.250. The number of hydrogen-bond donors (Lipinski definition) is 2. The normalized spacial score (nSPS) is 14.3. The molecule has 0 amide bonds. The van der Waals surface area contributed by atoms with Crippen LogP contribution >= 0.6 is 0 Å². The molecule has 6 rings (SSSR count). The molecule has 0 atom stereocenters. The van der Waals surface area contributed by atoms with E-state index in [4.69, 9.17) is 9.68 Å². The van der Waals surface area contributed by atoms with Crippen molar-refractivity contribution >= 4 is 42.7 Å². The van der Waals surface area contributed by atoms with Crippen molar-refractivity contribution in [3.63, 3.8) is 0 Å². The molecule has 2 aromatic heterocycles. The van der Waals surface area contributed by atoms with Crippen LogP contribution in [0.2, 0.25) is 0 Å². The first kappa shape index (κ1) is 35.9. The molecule has 264 valence electrons. The van der Waals surface area contributed by atoms with E-state index in [0.29, 0.717) is 59.7 Å². The van der Waals surface area contributed by atoms with Gasteiger partial charge in [-0.3, -0.25) is 28.5 Å². The molecule has 0 unspecified atom stereocenters. The van der Waals surface area contributed by atoms with E-state index in [9.17, 15) is 36.0 Å². The van der Waals surface area contributed by atoms with Gasteiger partial charge in [0.2, 0.25) is 0 Å². The second kappa shape index (κ2) is 13.5. The lowest BCUT2D eigenvalue weighted by Gasteiger charge is -2.13. The average Bonchev–Trinajstić information content (AvgIpc) is 3.87. The average molecular weight is 727 g/mol. The Morgan fingerprint density at radius 1 is 0.660 bits per heavy atom. The van der Waals surface area contributed by atoms with Crippen molar-refractivity contribution in [3.05, 3.63) is 102 Å². The number of ketones is 2. The van der Waals surface area contributed by atoms with E-state index in [1.807, 2.05) is 0 Å². The predicted molar refractivity (Wildman–Crippen MR) is 182 cm³/mol. The van der Waals surface area contributed by atoms with Gasteiger partial charge in [-0.15, -0.1) is 0 Å². The van der Waals surface area contributed by atoms with Crippen molar-refractivity contribution in [1.29, 1.82) is 0 Å². The van der Waals surface area contributed by atoms with Gasteiger partial charge in [-0.2, -0.15) is 0 Å². The van der Waals surface area contributed by atoms with Crippen LogP contribution in [-0.2, 0) is 43.4 Å². The minimum absolute atomic E-state index is 0.00623. The third-order valence-corrected chi connectivity index (χ3v) is 10.6. The number of oxime groups is 2. The number of aromatic amines is 2. The number of nitrogens with zero attached hydrogens (tertiary/aromatic N) is 4. The third-order valence-electron chi connectivity index (χ3n) is 8.29. The molecule has 2 aliphatic rings. The number of H-pyrrole nitrogens is 2. The molecule has 0 saturated carbocycles. The maximum Gasteiger partial charge on any atom is 0.277 e. The summed E-state index contributed by atoms with van der Waals surface area (Å²) >= 11 is 0. The third kappa shape index (κ3) is 6.75. The van der Waals surface area contributed by atoms with Gasteiger partial charge in [0.15, 0.2) is 31.2 Å². The standard InChI is InChI=1S/2C16H17N3O5S/c2*1-9-10(15(20)11-8-17-19(2)16(11)21)4-5-13(25(3,22)23)14(9)12-6-7-24-18-12/h2*4-5,8,17H,6-7H2,1-3H3. The summed E-state index contributed by atoms with van der Waals surface area (Å²) in [6, 6.07) is 5.62. The molecular formula is C32H34N6O10S2. The van der Waals surface area contributed by atoms with E-state index in [1.54, 1.807) is 13.8 Å². The maximum absolute atomic E-state index is 12.8. The van der Waals surface area contributed by atoms with Gasteiger partial charge in [0.25, 0.3) is 11.1 Å². The molecule has 2 N–H and O–H groups in total. The first-order chi connectivity index (χ1) is 23.4. The smallest absolute Gasteiger partial charge is 0.277 e. The van der Waals surface area contributed by atoms with Crippen LogP contribution in [0.1, 0.15) is 66.9 Å². The second-order valence-electron chi connectivity index (χ2n) is 11.8. The zero-order valence-corrected chi connectivity index (χ0v) is 29.6. The molecule has 0 saturated heterocycles. The van der Waals surface area contributed by atoms with Gasteiger partial charge >= 0.3 is 0 Å². The number of nitrogens with one attached hydrogen (secondary N) is 2. The largest absolute Gasteiger partial charge is 0.395 e. The lowest BCUT2D eigenvalue weighted by molar-refractivity contribution is 0.102. The Morgan fingerprint density at radius 2 is 1.02 bits per heavy atom. The minimum Gasteiger partial charge on any atom is -0.395 e. The molecule has 0 radical (unpaired) electrons. The van der Waals surface area contributed by atoms with E-state index in [0.717, 1.165) is 12.5 Å². The summed E-state index contributed by atoms with van der Waals surface area (Å²) in [7, 11) is -4.03. The summed E-state index contributed by atoms with van der Waals surface area (Å²) < 4.78 is 50.9. The van der Waals surface area contributed by atoms with Crippen LogP contribution in [-0.4, -0.2) is 85.1 Å². The van der Waals surface area contributed by atoms with Crippen molar-refractivity contribution in [3.8, 4) is 0 Å². The summed E-state index contributed by atoms with van der Waals surface area (Å²) in [6.45, 7) is 4.01. The zero-order chi connectivity index (χ0) is 36.7. The molecule has 4 aromatic rings. The topological polar surface area (TPSA) is 221 Å². The number of rotatable bonds is 8. The van der Waals surface area contributed by atoms with Crippen molar-refractivity contribution in [2.45, 2.75) is 36.5 Å². The van der Waals surface area contributed by atoms with Gasteiger partial charge in [-0.25, -0.2) is 16.8 Å². The van der Waals surface area contributed by atoms with Crippen LogP contribution in [0.25, 0.3) is 0 Å². The number of sulfone groups is 2. The van der Waals surface area contributed by atoms with Gasteiger partial charge in [-0.1, -0.05) is 10.3 Å². The fraction of sp³-hybridized carbons (Fsp3) is 0.312. The van der Waals surface area contributed by atoms with Gasteiger partial charge in [0.05, 0.1) is 21.2 Å². The summed E-state index contributed by atoms with van der Waals surface area (Å²) in [6.07, 6.45) is 5.78. The Bertz CT molecular complexity index is 2290. The van der Waals surface area contributed by atoms with E-state index in [-0.39, 0.29) is 32.0 Å². The zero-order valence-electron chi connectivity index (χ0n) is 28.0. The molecule has 16 nitrogen and oxygen atoms in total. The minimum atomic E-state index is -3.52. The van der Waals surface area contributed by atoms with Crippen LogP contribution in [0, 0.1) is 13.8 Å². The van der Waals surface area contributed by atoms with Crippen molar-refractivity contribution in [1.82, 2.24) is 19.6 Å². The highest BCUT2D eigenvalue weighted by Gasteiger charge is 2.29. The Balaban J connectivity index is 0.000000194. The van der Waals surface area contributed by atoms with E-state index in [2.05, 4.69) is 20.5 Å². The summed E-state index contributed by atoms with van der Waals surface area (Å²) in [5.41, 5.74) is 2.24. The lowest BCUT2D eigenvalue weighted by atomic mass is 9.93. The number of carbonyl (C=O) groups excluding carboxylic acids is 2. The van der Waals surface area contributed by atoms with Gasteiger partial charge in [-0.05, 0) is 49.2 Å². The monoisotopic (exact) mass is 726 g/mol. The molecule has 0 spiro atoms. The molecule has 2 aliphatic heterocycles. The Morgan fingerprint density at radius 3 is 1.28 bits per heavy atom. The highest BCUT2D eigenvalue weighted by Crippen LogP contribution is 2.29. The Hall–Kier alpha value is -5.36. The van der Waals surface area contributed by atoms with Crippen molar-refractivity contribution in [2.24, 2.45) is 24.4 Å². The first-order valence-electron chi connectivity index (χ1n) is 15.1. The summed E-state index contributed by atoms with van der Waals surface area (Å²) in [5.74, 6) is -0.944. The van der Waals surface area contributed by atoms with Crippen molar-refractivity contribution < 1.29 is 36.1 Å². The summed E-state index contributed by atoms with van der Waals surface area (Å²) in [4.78, 5) is 59.8. The first-order valence-corrected chi connectivity index (χ1v) is 18.9. The van der Waals surface area contributed by atoms with Crippen LogP contribution < -0.4 is 11.1 Å². The number of aromatic nitrogens is 4. The molecule has 0 bridgehead atoms. The number of carbonyl (C=O) groups is 2. The molecule has 2 aromatic carbocycles. The maximum atomic E-state index is 12.8. The number of benzene rings is 2. The van der Waals surface area contributed by atoms with Crippen LogP contribution in [0.3, 0.4) is 0 Å². The molecule has 0 fully saturated rings. The molecule has 4 heterocycles. The van der Waals surface area contributed by atoms with Crippen LogP contribution in [0.4, 0.5) is 0 Å². The number of aryl methyl sites for hydroxylation is 2.